The molecule has 2 N–H and O–H groups in total. The van der Waals surface area contributed by atoms with Crippen LogP contribution in [-0.4, -0.2) is 29.9 Å². The van der Waals surface area contributed by atoms with E-state index >= 15 is 0 Å². The summed E-state index contributed by atoms with van der Waals surface area (Å²) >= 11 is 0. The molecular weight excluding hydrogens is 204 g/mol. The molecule has 16 heavy (non-hydrogen) atoms. The van der Waals surface area contributed by atoms with Crippen LogP contribution in [0.2, 0.25) is 0 Å². The van der Waals surface area contributed by atoms with Crippen molar-refractivity contribution in [3.8, 4) is 0 Å². The first-order valence-corrected chi connectivity index (χ1v) is 5.69. The third-order valence-electron chi connectivity index (χ3n) is 3.20. The Labute approximate surface area is 95.4 Å². The molecule has 1 saturated heterocycles. The summed E-state index contributed by atoms with van der Waals surface area (Å²) in [6.45, 7) is 5.24. The Kier molecular flexibility index (Phi) is 3.01. The first-order valence-electron chi connectivity index (χ1n) is 5.69. The number of carbonyl (C=O) groups excluding carboxylic acids is 1. The van der Waals surface area contributed by atoms with Crippen molar-refractivity contribution in [2.45, 2.75) is 32.7 Å². The van der Waals surface area contributed by atoms with Crippen LogP contribution in [0, 0.1) is 13.8 Å². The van der Waals surface area contributed by atoms with Crippen LogP contribution in [0.4, 0.5) is 0 Å². The number of hydrogen-bond acceptors (Lipinski definition) is 3. The van der Waals surface area contributed by atoms with E-state index in [4.69, 9.17) is 10.2 Å². The Bertz CT molecular complexity index is 370. The van der Waals surface area contributed by atoms with Crippen molar-refractivity contribution in [3.05, 3.63) is 23.2 Å². The molecule has 2 rings (SSSR count). The number of hydrogen-bond donors (Lipinski definition) is 1. The number of nitrogens with zero attached hydrogens (tertiary/aromatic N) is 1. The third kappa shape index (κ3) is 1.97. The summed E-state index contributed by atoms with van der Waals surface area (Å²) in [6.07, 6.45) is 3.42. The van der Waals surface area contributed by atoms with Gasteiger partial charge in [-0.25, -0.2) is 0 Å². The van der Waals surface area contributed by atoms with Crippen LogP contribution < -0.4 is 5.73 Å². The average Bonchev–Trinajstić information content (AvgIpc) is 2.59. The van der Waals surface area contributed by atoms with Crippen LogP contribution in [0.25, 0.3) is 0 Å². The lowest BCUT2D eigenvalue weighted by Gasteiger charge is -2.30. The topological polar surface area (TPSA) is 59.5 Å². The molecule has 4 nitrogen and oxygen atoms in total. The maximum absolute atomic E-state index is 12.2. The van der Waals surface area contributed by atoms with Gasteiger partial charge in [0.15, 0.2) is 0 Å². The monoisotopic (exact) mass is 222 g/mol. The highest BCUT2D eigenvalue weighted by Crippen LogP contribution is 2.20. The van der Waals surface area contributed by atoms with E-state index in [9.17, 15) is 4.79 Å². The van der Waals surface area contributed by atoms with Gasteiger partial charge in [0.2, 0.25) is 0 Å². The molecule has 1 fully saturated rings. The second-order valence-electron chi connectivity index (χ2n) is 4.48. The number of piperidine rings is 1. The smallest absolute Gasteiger partial charge is 0.257 e. The predicted molar refractivity (Wildman–Crippen MR) is 61.3 cm³/mol. The number of likely N-dealkylation sites (tertiary alicyclic amines) is 1. The molecule has 2 heterocycles. The quantitative estimate of drug-likeness (QED) is 0.782. The van der Waals surface area contributed by atoms with Crippen LogP contribution >= 0.6 is 0 Å². The minimum atomic E-state index is 0.0793. The molecule has 0 bridgehead atoms. The van der Waals surface area contributed by atoms with Gasteiger partial charge in [-0.15, -0.1) is 0 Å². The highest BCUT2D eigenvalue weighted by Gasteiger charge is 2.25. The Morgan fingerprint density at radius 3 is 2.56 bits per heavy atom. The number of carbonyl (C=O) groups is 1. The van der Waals surface area contributed by atoms with Gasteiger partial charge < -0.3 is 15.1 Å². The first kappa shape index (κ1) is 11.2. The van der Waals surface area contributed by atoms with E-state index < -0.39 is 0 Å². The Morgan fingerprint density at radius 2 is 2.06 bits per heavy atom. The van der Waals surface area contributed by atoms with Crippen LogP contribution in [0.1, 0.15) is 34.5 Å². The SMILES string of the molecule is Cc1coc(C)c1C(=O)N1CCC(N)CC1. The highest BCUT2D eigenvalue weighted by molar-refractivity contribution is 5.96. The third-order valence-corrected chi connectivity index (χ3v) is 3.20. The lowest BCUT2D eigenvalue weighted by atomic mass is 10.0. The lowest BCUT2D eigenvalue weighted by Crippen LogP contribution is -2.43. The normalized spacial score (nSPS) is 17.8. The fraction of sp³-hybridized carbons (Fsp3) is 0.583. The van der Waals surface area contributed by atoms with Crippen molar-refractivity contribution >= 4 is 5.91 Å². The molecule has 0 unspecified atom stereocenters. The van der Waals surface area contributed by atoms with Crippen LogP contribution in [0.3, 0.4) is 0 Å². The van der Waals surface area contributed by atoms with Gasteiger partial charge >= 0.3 is 0 Å². The second kappa shape index (κ2) is 4.29. The fourth-order valence-electron chi connectivity index (χ4n) is 2.15. The number of nitrogens with two attached hydrogens (primary N) is 1. The molecule has 1 aromatic rings. The molecule has 4 heteroatoms. The van der Waals surface area contributed by atoms with Crippen LogP contribution in [0.15, 0.2) is 10.7 Å². The van der Waals surface area contributed by atoms with Crippen molar-refractivity contribution in [2.24, 2.45) is 5.73 Å². The summed E-state index contributed by atoms with van der Waals surface area (Å²) in [6, 6.07) is 0.246. The standard InChI is InChI=1S/C12H18N2O2/c1-8-7-16-9(2)11(8)12(15)14-5-3-10(13)4-6-14/h7,10H,3-6,13H2,1-2H3. The van der Waals surface area contributed by atoms with Gasteiger partial charge in [-0.3, -0.25) is 4.79 Å². The number of furan rings is 1. The molecular formula is C12H18N2O2. The Morgan fingerprint density at radius 1 is 1.44 bits per heavy atom. The van der Waals surface area contributed by atoms with Gasteiger partial charge in [0.05, 0.1) is 11.8 Å². The number of aryl methyl sites for hydroxylation is 2. The van der Waals surface area contributed by atoms with Gasteiger partial charge in [-0.05, 0) is 26.7 Å². The Balaban J connectivity index is 2.14. The van der Waals surface area contributed by atoms with Crippen molar-refractivity contribution in [1.82, 2.24) is 4.90 Å². The van der Waals surface area contributed by atoms with Crippen molar-refractivity contribution in [1.29, 1.82) is 0 Å². The summed E-state index contributed by atoms with van der Waals surface area (Å²) in [5, 5.41) is 0. The molecule has 0 radical (unpaired) electrons. The summed E-state index contributed by atoms with van der Waals surface area (Å²) in [4.78, 5) is 14.1. The van der Waals surface area contributed by atoms with E-state index in [2.05, 4.69) is 0 Å². The van der Waals surface area contributed by atoms with E-state index in [0.29, 0.717) is 5.76 Å². The summed E-state index contributed by atoms with van der Waals surface area (Å²) in [5.41, 5.74) is 7.45. The minimum absolute atomic E-state index is 0.0793. The lowest BCUT2D eigenvalue weighted by molar-refractivity contribution is 0.0712. The molecule has 1 aromatic heterocycles. The van der Waals surface area contributed by atoms with E-state index in [1.165, 1.54) is 0 Å². The van der Waals surface area contributed by atoms with Crippen molar-refractivity contribution in [2.75, 3.05) is 13.1 Å². The van der Waals surface area contributed by atoms with E-state index in [1.807, 2.05) is 18.7 Å². The van der Waals surface area contributed by atoms with Gasteiger partial charge in [-0.2, -0.15) is 0 Å². The molecule has 0 aliphatic carbocycles. The Hall–Kier alpha value is -1.29. The average molecular weight is 222 g/mol. The zero-order valence-electron chi connectivity index (χ0n) is 9.82. The molecule has 1 aliphatic heterocycles. The number of rotatable bonds is 1. The molecule has 1 aliphatic rings. The van der Waals surface area contributed by atoms with E-state index in [1.54, 1.807) is 6.26 Å². The van der Waals surface area contributed by atoms with Crippen LogP contribution in [-0.2, 0) is 0 Å². The summed E-state index contributed by atoms with van der Waals surface area (Å²) in [7, 11) is 0. The van der Waals surface area contributed by atoms with Crippen LogP contribution in [0.5, 0.6) is 0 Å². The molecule has 0 aromatic carbocycles. The first-order chi connectivity index (χ1) is 7.59. The van der Waals surface area contributed by atoms with Gasteiger partial charge in [-0.1, -0.05) is 0 Å². The van der Waals surface area contributed by atoms with Crippen molar-refractivity contribution < 1.29 is 9.21 Å². The van der Waals surface area contributed by atoms with Gasteiger partial charge in [0, 0.05) is 24.7 Å². The largest absolute Gasteiger partial charge is 0.469 e. The van der Waals surface area contributed by atoms with E-state index in [-0.39, 0.29) is 11.9 Å². The second-order valence-corrected chi connectivity index (χ2v) is 4.48. The van der Waals surface area contributed by atoms with Crippen molar-refractivity contribution in [3.63, 3.8) is 0 Å². The zero-order chi connectivity index (χ0) is 11.7. The molecule has 0 saturated carbocycles. The molecule has 0 atom stereocenters. The van der Waals surface area contributed by atoms with Gasteiger partial charge in [0.1, 0.15) is 5.76 Å². The summed E-state index contributed by atoms with van der Waals surface area (Å²) < 4.78 is 5.26. The molecule has 1 amide bonds. The number of amides is 1. The zero-order valence-corrected chi connectivity index (χ0v) is 9.82. The highest BCUT2D eigenvalue weighted by atomic mass is 16.3. The maximum atomic E-state index is 12.2. The molecule has 88 valence electrons. The molecule has 0 spiro atoms. The predicted octanol–water partition coefficient (Wildman–Crippen LogP) is 1.46. The fourth-order valence-corrected chi connectivity index (χ4v) is 2.15. The maximum Gasteiger partial charge on any atom is 0.257 e. The summed E-state index contributed by atoms with van der Waals surface area (Å²) in [5.74, 6) is 0.785. The van der Waals surface area contributed by atoms with E-state index in [0.717, 1.165) is 37.1 Å². The van der Waals surface area contributed by atoms with Gasteiger partial charge in [0.25, 0.3) is 5.91 Å². The minimum Gasteiger partial charge on any atom is -0.469 e.